The predicted molar refractivity (Wildman–Crippen MR) is 58.7 cm³/mol. The van der Waals surface area contributed by atoms with Crippen LogP contribution in [0.3, 0.4) is 0 Å². The fourth-order valence-electron chi connectivity index (χ4n) is 0.558. The monoisotopic (exact) mass is 205 g/mol. The van der Waals surface area contributed by atoms with Gasteiger partial charge in [0.05, 0.1) is 0 Å². The summed E-state index contributed by atoms with van der Waals surface area (Å²) in [6, 6.07) is 0. The molecule has 0 aromatic rings. The lowest BCUT2D eigenvalue weighted by atomic mass is 10.2. The van der Waals surface area contributed by atoms with Crippen LogP contribution < -0.4 is 0 Å². The first kappa shape index (κ1) is 11.9. The first-order valence-electron chi connectivity index (χ1n) is 3.93. The van der Waals surface area contributed by atoms with Crippen LogP contribution in [-0.2, 0) is 4.79 Å². The van der Waals surface area contributed by atoms with E-state index in [2.05, 4.69) is 0 Å². The Hall–Kier alpha value is -0.0900. The first-order chi connectivity index (χ1) is 5.57. The van der Waals surface area contributed by atoms with Crippen molar-refractivity contribution in [1.29, 1.82) is 0 Å². The van der Waals surface area contributed by atoms with Gasteiger partial charge in [0.25, 0.3) is 0 Å². The lowest BCUT2D eigenvalue weighted by molar-refractivity contribution is -0.118. The lowest BCUT2D eigenvalue weighted by Crippen LogP contribution is -2.16. The third-order valence-electron chi connectivity index (χ3n) is 1.37. The van der Waals surface area contributed by atoms with Gasteiger partial charge in [0.1, 0.15) is 10.1 Å². The van der Waals surface area contributed by atoms with Crippen molar-refractivity contribution in [3.05, 3.63) is 0 Å². The van der Waals surface area contributed by atoms with Crippen LogP contribution in [0.4, 0.5) is 0 Å². The van der Waals surface area contributed by atoms with Gasteiger partial charge in [0, 0.05) is 32.7 Å². The van der Waals surface area contributed by atoms with E-state index >= 15 is 0 Å². The zero-order valence-electron chi connectivity index (χ0n) is 7.79. The summed E-state index contributed by atoms with van der Waals surface area (Å²) in [6.07, 6.45) is 1.27. The van der Waals surface area contributed by atoms with Crippen LogP contribution in [0.5, 0.6) is 0 Å². The van der Waals surface area contributed by atoms with Crippen LogP contribution in [0.25, 0.3) is 0 Å². The average Bonchev–Trinajstić information content (AvgIpc) is 2.03. The second-order valence-corrected chi connectivity index (χ2v) is 4.38. The molecular formula is C8H15NOS2. The molecule has 0 amide bonds. The molecule has 0 aliphatic rings. The fourth-order valence-corrected chi connectivity index (χ4v) is 1.57. The summed E-state index contributed by atoms with van der Waals surface area (Å²) in [7, 11) is 3.83. The third kappa shape index (κ3) is 5.55. The van der Waals surface area contributed by atoms with Crippen molar-refractivity contribution >= 4 is 34.1 Å². The molecule has 0 unspecified atom stereocenters. The second kappa shape index (κ2) is 6.43. The Balaban J connectivity index is 3.44. The van der Waals surface area contributed by atoms with Crippen molar-refractivity contribution < 1.29 is 4.79 Å². The summed E-state index contributed by atoms with van der Waals surface area (Å²) in [4.78, 5) is 12.8. The van der Waals surface area contributed by atoms with Gasteiger partial charge in [-0.15, -0.1) is 0 Å². The van der Waals surface area contributed by atoms with Gasteiger partial charge in [-0.1, -0.05) is 30.9 Å². The highest BCUT2D eigenvalue weighted by atomic mass is 32.2. The SMILES string of the molecule is CCC(=O)CCSC(=S)N(C)C. The molecule has 0 radical (unpaired) electrons. The molecule has 0 aliphatic carbocycles. The van der Waals surface area contributed by atoms with Crippen molar-refractivity contribution in [3.8, 4) is 0 Å². The Kier molecular flexibility index (Phi) is 6.38. The molecule has 0 N–H and O–H groups in total. The quantitative estimate of drug-likeness (QED) is 0.653. The molecule has 2 nitrogen and oxygen atoms in total. The smallest absolute Gasteiger partial charge is 0.135 e. The van der Waals surface area contributed by atoms with Gasteiger partial charge >= 0.3 is 0 Å². The number of carbonyl (C=O) groups excluding carboxylic acids is 1. The van der Waals surface area contributed by atoms with Crippen LogP contribution in [0.2, 0.25) is 0 Å². The molecule has 4 heteroatoms. The average molecular weight is 205 g/mol. The maximum absolute atomic E-state index is 10.9. The highest BCUT2D eigenvalue weighted by molar-refractivity contribution is 8.22. The maximum atomic E-state index is 10.9. The molecule has 0 aliphatic heterocycles. The lowest BCUT2D eigenvalue weighted by Gasteiger charge is -2.11. The van der Waals surface area contributed by atoms with Crippen molar-refractivity contribution in [3.63, 3.8) is 0 Å². The summed E-state index contributed by atoms with van der Waals surface area (Å²) >= 11 is 6.61. The number of hydrogen-bond acceptors (Lipinski definition) is 3. The van der Waals surface area contributed by atoms with E-state index in [-0.39, 0.29) is 0 Å². The van der Waals surface area contributed by atoms with Crippen LogP contribution in [0.15, 0.2) is 0 Å². The zero-order chi connectivity index (χ0) is 9.56. The molecule has 0 aromatic carbocycles. The predicted octanol–water partition coefficient (Wildman–Crippen LogP) is 1.94. The Bertz CT molecular complexity index is 168. The van der Waals surface area contributed by atoms with Crippen LogP contribution in [0.1, 0.15) is 19.8 Å². The van der Waals surface area contributed by atoms with E-state index in [9.17, 15) is 4.79 Å². The molecule has 12 heavy (non-hydrogen) atoms. The Morgan fingerprint density at radius 2 is 2.08 bits per heavy atom. The van der Waals surface area contributed by atoms with Crippen molar-refractivity contribution in [2.75, 3.05) is 19.8 Å². The fraction of sp³-hybridized carbons (Fsp3) is 0.750. The van der Waals surface area contributed by atoms with Crippen molar-refractivity contribution in [1.82, 2.24) is 4.90 Å². The normalized spacial score (nSPS) is 9.58. The van der Waals surface area contributed by atoms with Crippen LogP contribution in [-0.4, -0.2) is 34.9 Å². The van der Waals surface area contributed by atoms with Crippen molar-refractivity contribution in [2.24, 2.45) is 0 Å². The van der Waals surface area contributed by atoms with Gasteiger partial charge in [-0.3, -0.25) is 4.79 Å². The van der Waals surface area contributed by atoms with Gasteiger partial charge in [-0.2, -0.15) is 0 Å². The van der Waals surface area contributed by atoms with E-state index in [0.29, 0.717) is 18.6 Å². The molecule has 0 bridgehead atoms. The number of ketones is 1. The standard InChI is InChI=1S/C8H15NOS2/c1-4-7(10)5-6-12-8(11)9(2)3/h4-6H2,1-3H3. The van der Waals surface area contributed by atoms with E-state index in [0.717, 1.165) is 10.1 Å². The summed E-state index contributed by atoms with van der Waals surface area (Å²) in [5, 5.41) is 0. The summed E-state index contributed by atoms with van der Waals surface area (Å²) in [5.74, 6) is 1.12. The minimum atomic E-state index is 0.309. The highest BCUT2D eigenvalue weighted by Crippen LogP contribution is 2.08. The third-order valence-corrected chi connectivity index (χ3v) is 3.10. The number of thioether (sulfide) groups is 1. The van der Waals surface area contributed by atoms with Gasteiger partial charge in [-0.05, 0) is 0 Å². The van der Waals surface area contributed by atoms with Gasteiger partial charge < -0.3 is 4.90 Å². The summed E-state index contributed by atoms with van der Waals surface area (Å²) < 4.78 is 0.846. The van der Waals surface area contributed by atoms with Crippen molar-refractivity contribution in [2.45, 2.75) is 19.8 Å². The summed E-state index contributed by atoms with van der Waals surface area (Å²) in [5.41, 5.74) is 0. The molecular weight excluding hydrogens is 190 g/mol. The van der Waals surface area contributed by atoms with Crippen LogP contribution in [0, 0.1) is 0 Å². The second-order valence-electron chi connectivity index (χ2n) is 2.65. The van der Waals surface area contributed by atoms with Gasteiger partial charge in [-0.25, -0.2) is 0 Å². The van der Waals surface area contributed by atoms with Crippen LogP contribution >= 0.6 is 24.0 Å². The largest absolute Gasteiger partial charge is 0.364 e. The number of carbonyl (C=O) groups is 1. The molecule has 0 saturated carbocycles. The highest BCUT2D eigenvalue weighted by Gasteiger charge is 2.02. The number of thiocarbonyl (C=S) groups is 1. The van der Waals surface area contributed by atoms with Gasteiger partial charge in [0.2, 0.25) is 0 Å². The Labute approximate surface area is 83.7 Å². The molecule has 0 atom stereocenters. The molecule has 70 valence electrons. The maximum Gasteiger partial charge on any atom is 0.135 e. The molecule has 0 saturated heterocycles. The molecule has 0 spiro atoms. The van der Waals surface area contributed by atoms with E-state index < -0.39 is 0 Å². The van der Waals surface area contributed by atoms with Gasteiger partial charge in [0.15, 0.2) is 0 Å². The molecule has 0 fully saturated rings. The topological polar surface area (TPSA) is 20.3 Å². The summed E-state index contributed by atoms with van der Waals surface area (Å²) in [6.45, 7) is 1.89. The number of rotatable bonds is 4. The zero-order valence-corrected chi connectivity index (χ0v) is 9.43. The Morgan fingerprint density at radius 3 is 2.50 bits per heavy atom. The molecule has 0 aromatic heterocycles. The Morgan fingerprint density at radius 1 is 1.50 bits per heavy atom. The molecule has 0 heterocycles. The molecule has 0 rings (SSSR count). The van der Waals surface area contributed by atoms with E-state index in [4.69, 9.17) is 12.2 Å². The van der Waals surface area contributed by atoms with E-state index in [1.165, 1.54) is 0 Å². The first-order valence-corrected chi connectivity index (χ1v) is 5.33. The number of nitrogens with zero attached hydrogens (tertiary/aromatic N) is 1. The minimum Gasteiger partial charge on any atom is -0.364 e. The number of Topliss-reactive ketones (excluding diaryl/α,β-unsaturated/α-hetero) is 1. The minimum absolute atomic E-state index is 0.309. The van der Waals surface area contributed by atoms with E-state index in [1.54, 1.807) is 11.8 Å². The van der Waals surface area contributed by atoms with E-state index in [1.807, 2.05) is 25.9 Å². The number of hydrogen-bond donors (Lipinski definition) is 0.